The lowest BCUT2D eigenvalue weighted by molar-refractivity contribution is -0.227. The van der Waals surface area contributed by atoms with E-state index in [1.165, 1.54) is 13.8 Å². The molecule has 10 nitrogen and oxygen atoms in total. The van der Waals surface area contributed by atoms with E-state index in [0.29, 0.717) is 0 Å². The number of amides is 1. The van der Waals surface area contributed by atoms with Crippen molar-refractivity contribution in [3.8, 4) is 0 Å². The molecule has 3 unspecified atom stereocenters. The van der Waals surface area contributed by atoms with Gasteiger partial charge in [0.05, 0.1) is 31.5 Å². The van der Waals surface area contributed by atoms with Crippen LogP contribution in [-0.4, -0.2) is 67.1 Å². The van der Waals surface area contributed by atoms with Crippen LogP contribution in [0, 0.1) is 0 Å². The van der Waals surface area contributed by atoms with Crippen LogP contribution in [0.3, 0.4) is 0 Å². The van der Waals surface area contributed by atoms with Gasteiger partial charge < -0.3 is 33.7 Å². The summed E-state index contributed by atoms with van der Waals surface area (Å²) in [5.74, 6) is -0.894. The normalized spacial score (nSPS) is 25.1. The van der Waals surface area contributed by atoms with Crippen LogP contribution in [0.25, 0.3) is 0 Å². The average molecular weight is 536 g/mol. The lowest BCUT2D eigenvalue weighted by Crippen LogP contribution is -2.66. The van der Waals surface area contributed by atoms with Gasteiger partial charge in [-0.1, -0.05) is 60.7 Å². The molecule has 0 spiro atoms. The van der Waals surface area contributed by atoms with Gasteiger partial charge in [-0.2, -0.15) is 0 Å². The SMILES string of the molecule is COP(=O)(O)C[C@H]1OC(COC(C)=O)[C@H](OCc2ccccc2)[C@@H](OCc2ccccc2)C1NC(C)=O. The Hall–Kier alpha value is -2.59. The molecule has 0 radical (unpaired) electrons. The molecule has 3 rings (SSSR count). The Kier molecular flexibility index (Phi) is 10.8. The zero-order valence-electron chi connectivity index (χ0n) is 21.1. The lowest BCUT2D eigenvalue weighted by atomic mass is 9.92. The molecule has 1 amide bonds. The number of ether oxygens (including phenoxy) is 4. The number of hydrogen-bond donors (Lipinski definition) is 2. The van der Waals surface area contributed by atoms with E-state index in [0.717, 1.165) is 18.2 Å². The number of rotatable bonds is 12. The first-order valence-electron chi connectivity index (χ1n) is 11.9. The summed E-state index contributed by atoms with van der Waals surface area (Å²) < 4.78 is 41.3. The van der Waals surface area contributed by atoms with Crippen LogP contribution in [0.1, 0.15) is 25.0 Å². The maximum atomic E-state index is 12.5. The highest BCUT2D eigenvalue weighted by Gasteiger charge is 2.50. The van der Waals surface area contributed by atoms with Gasteiger partial charge in [0.2, 0.25) is 5.91 Å². The second-order valence-electron chi connectivity index (χ2n) is 8.77. The molecule has 2 aromatic carbocycles. The molecule has 1 heterocycles. The number of benzene rings is 2. The van der Waals surface area contributed by atoms with E-state index in [2.05, 4.69) is 5.32 Å². The van der Waals surface area contributed by atoms with Gasteiger partial charge in [0.15, 0.2) is 0 Å². The number of carbonyl (C=O) groups is 2. The lowest BCUT2D eigenvalue weighted by Gasteiger charge is -2.46. The first kappa shape index (κ1) is 29.0. The maximum Gasteiger partial charge on any atom is 0.330 e. The molecular weight excluding hydrogens is 501 g/mol. The molecule has 202 valence electrons. The van der Waals surface area contributed by atoms with Crippen LogP contribution >= 0.6 is 7.60 Å². The fourth-order valence-electron chi connectivity index (χ4n) is 4.15. The molecule has 1 fully saturated rings. The van der Waals surface area contributed by atoms with Crippen molar-refractivity contribution in [2.45, 2.75) is 57.5 Å². The van der Waals surface area contributed by atoms with Crippen molar-refractivity contribution in [2.75, 3.05) is 19.9 Å². The molecule has 2 N–H and O–H groups in total. The highest BCUT2D eigenvalue weighted by Crippen LogP contribution is 2.44. The molecule has 11 heteroatoms. The Morgan fingerprint density at radius 3 is 1.95 bits per heavy atom. The van der Waals surface area contributed by atoms with Crippen LogP contribution in [0.2, 0.25) is 0 Å². The summed E-state index contributed by atoms with van der Waals surface area (Å²) in [6.45, 7) is 2.82. The molecule has 1 saturated heterocycles. The van der Waals surface area contributed by atoms with Gasteiger partial charge in [-0.3, -0.25) is 14.2 Å². The van der Waals surface area contributed by atoms with E-state index < -0.39 is 50.2 Å². The molecule has 0 aromatic heterocycles. The van der Waals surface area contributed by atoms with Gasteiger partial charge in [-0.25, -0.2) is 0 Å². The summed E-state index contributed by atoms with van der Waals surface area (Å²) in [5, 5.41) is 2.81. The number of nitrogens with one attached hydrogen (secondary N) is 1. The zero-order valence-corrected chi connectivity index (χ0v) is 22.0. The fourth-order valence-corrected chi connectivity index (χ4v) is 5.07. The van der Waals surface area contributed by atoms with Crippen LogP contribution in [0.4, 0.5) is 0 Å². The van der Waals surface area contributed by atoms with Crippen LogP contribution in [0.5, 0.6) is 0 Å². The minimum Gasteiger partial charge on any atom is -0.463 e. The second kappa shape index (κ2) is 13.8. The fraction of sp³-hybridized carbons (Fsp3) is 0.462. The molecule has 1 aliphatic heterocycles. The molecule has 6 atom stereocenters. The van der Waals surface area contributed by atoms with E-state index in [4.69, 9.17) is 23.5 Å². The molecule has 1 aliphatic rings. The zero-order chi connectivity index (χ0) is 26.8. The first-order chi connectivity index (χ1) is 17.7. The largest absolute Gasteiger partial charge is 0.463 e. The summed E-state index contributed by atoms with van der Waals surface area (Å²) >= 11 is 0. The third-order valence-electron chi connectivity index (χ3n) is 5.88. The minimum absolute atomic E-state index is 0.175. The van der Waals surface area contributed by atoms with Crippen LogP contribution in [0.15, 0.2) is 60.7 Å². The van der Waals surface area contributed by atoms with Crippen molar-refractivity contribution in [3.05, 3.63) is 71.8 Å². The Morgan fingerprint density at radius 1 is 0.919 bits per heavy atom. The number of carbonyl (C=O) groups excluding carboxylic acids is 2. The smallest absolute Gasteiger partial charge is 0.330 e. The molecule has 0 saturated carbocycles. The van der Waals surface area contributed by atoms with E-state index in [9.17, 15) is 19.0 Å². The Labute approximate surface area is 216 Å². The Balaban J connectivity index is 1.96. The standard InChI is InChI=1S/C26H34NO9P/c1-18(28)27-24-23(17-37(30,31)32-3)36-22(16-33-19(2)29)25(34-14-20-10-6-4-7-11-20)26(24)35-15-21-12-8-5-9-13-21/h4-13,22-26H,14-17H2,1-3H3,(H,27,28)(H,30,31)/t22?,23-,24?,25+,26+/m1/s1. The number of esters is 1. The molecule has 2 aromatic rings. The second-order valence-corrected chi connectivity index (χ2v) is 10.8. The van der Waals surface area contributed by atoms with Gasteiger partial charge in [0.25, 0.3) is 0 Å². The highest BCUT2D eigenvalue weighted by atomic mass is 31.2. The topological polar surface area (TPSA) is 130 Å². The van der Waals surface area contributed by atoms with Crippen molar-refractivity contribution in [2.24, 2.45) is 0 Å². The van der Waals surface area contributed by atoms with Crippen molar-refractivity contribution < 1.29 is 42.5 Å². The van der Waals surface area contributed by atoms with Crippen molar-refractivity contribution >= 4 is 19.5 Å². The van der Waals surface area contributed by atoms with Crippen molar-refractivity contribution in [1.82, 2.24) is 5.32 Å². The summed E-state index contributed by atoms with van der Waals surface area (Å²) in [7, 11) is -2.93. The number of hydrogen-bond acceptors (Lipinski definition) is 8. The summed E-state index contributed by atoms with van der Waals surface area (Å²) in [5.41, 5.74) is 1.78. The van der Waals surface area contributed by atoms with E-state index in [1.54, 1.807) is 0 Å². The predicted octanol–water partition coefficient (Wildman–Crippen LogP) is 2.82. The molecular formula is C26H34NO9P. The first-order valence-corrected chi connectivity index (χ1v) is 13.7. The summed E-state index contributed by atoms with van der Waals surface area (Å²) in [6.07, 6.45) is -3.86. The quantitative estimate of drug-likeness (QED) is 0.311. The highest BCUT2D eigenvalue weighted by molar-refractivity contribution is 7.52. The summed E-state index contributed by atoms with van der Waals surface area (Å²) in [6, 6.07) is 18.0. The van der Waals surface area contributed by atoms with Gasteiger partial charge in [-0.15, -0.1) is 0 Å². The average Bonchev–Trinajstić information content (AvgIpc) is 2.87. The van der Waals surface area contributed by atoms with E-state index in [-0.39, 0.29) is 25.7 Å². The summed E-state index contributed by atoms with van der Waals surface area (Å²) in [4.78, 5) is 34.0. The van der Waals surface area contributed by atoms with Gasteiger partial charge in [0, 0.05) is 21.0 Å². The van der Waals surface area contributed by atoms with Crippen molar-refractivity contribution in [3.63, 3.8) is 0 Å². The third-order valence-corrected chi connectivity index (χ3v) is 7.27. The van der Waals surface area contributed by atoms with E-state index in [1.807, 2.05) is 60.7 Å². The third kappa shape index (κ3) is 9.03. The maximum absolute atomic E-state index is 12.5. The Bertz CT molecular complexity index is 1050. The Morgan fingerprint density at radius 2 is 1.46 bits per heavy atom. The van der Waals surface area contributed by atoms with Gasteiger partial charge in [0.1, 0.15) is 24.9 Å². The van der Waals surface area contributed by atoms with Crippen molar-refractivity contribution in [1.29, 1.82) is 0 Å². The van der Waals surface area contributed by atoms with Gasteiger partial charge in [-0.05, 0) is 11.1 Å². The van der Waals surface area contributed by atoms with Crippen LogP contribution < -0.4 is 5.32 Å². The monoisotopic (exact) mass is 535 g/mol. The predicted molar refractivity (Wildman–Crippen MR) is 135 cm³/mol. The molecule has 0 aliphatic carbocycles. The van der Waals surface area contributed by atoms with Crippen LogP contribution in [-0.2, 0) is 50.8 Å². The minimum atomic E-state index is -4.05. The van der Waals surface area contributed by atoms with E-state index >= 15 is 0 Å². The molecule has 37 heavy (non-hydrogen) atoms. The van der Waals surface area contributed by atoms with Gasteiger partial charge >= 0.3 is 13.6 Å². The molecule has 0 bridgehead atoms.